The van der Waals surface area contributed by atoms with E-state index in [9.17, 15) is 14.4 Å². The first-order chi connectivity index (χ1) is 35.5. The zero-order chi connectivity index (χ0) is 52.2. The van der Waals surface area contributed by atoms with Gasteiger partial charge in [-0.25, -0.2) is 0 Å². The predicted molar refractivity (Wildman–Crippen MR) is 312 cm³/mol. The highest BCUT2D eigenvalue weighted by Gasteiger charge is 2.19. The van der Waals surface area contributed by atoms with Gasteiger partial charge in [0.1, 0.15) is 13.2 Å². The molecule has 72 heavy (non-hydrogen) atoms. The maximum atomic E-state index is 12.9. The van der Waals surface area contributed by atoms with Gasteiger partial charge in [0, 0.05) is 19.3 Å². The molecule has 0 aromatic carbocycles. The monoisotopic (exact) mass is 1010 g/mol. The van der Waals surface area contributed by atoms with Gasteiger partial charge in [0.25, 0.3) is 0 Å². The van der Waals surface area contributed by atoms with E-state index in [4.69, 9.17) is 14.2 Å². The molecule has 0 N–H and O–H groups in total. The maximum absolute atomic E-state index is 12.9. The molecule has 6 heteroatoms. The van der Waals surface area contributed by atoms with Crippen LogP contribution < -0.4 is 0 Å². The van der Waals surface area contributed by atoms with Crippen molar-refractivity contribution in [2.24, 2.45) is 0 Å². The number of hydrogen-bond donors (Lipinski definition) is 0. The molecule has 0 amide bonds. The van der Waals surface area contributed by atoms with E-state index >= 15 is 0 Å². The SMILES string of the molecule is CC/C=C\C/C=C\C/C=C\C/C=C\CCCCCCCCC(=O)OCC(COC(=O)CCCCCCCCC/C=C\CCCCCCCC)OC(=O)CCCCCCCCCCCCCCCCCCCC. The molecule has 0 spiro atoms. The van der Waals surface area contributed by atoms with Crippen molar-refractivity contribution < 1.29 is 28.6 Å². The molecule has 0 rings (SSSR count). The molecule has 0 heterocycles. The fourth-order valence-electron chi connectivity index (χ4n) is 9.08. The molecule has 0 aliphatic rings. The minimum absolute atomic E-state index is 0.0781. The van der Waals surface area contributed by atoms with Gasteiger partial charge >= 0.3 is 17.9 Å². The Labute approximate surface area is 447 Å². The molecule has 0 radical (unpaired) electrons. The van der Waals surface area contributed by atoms with E-state index in [1.807, 2.05) is 0 Å². The number of allylic oxidation sites excluding steroid dienone is 10. The molecule has 0 saturated carbocycles. The van der Waals surface area contributed by atoms with Crippen molar-refractivity contribution in [3.8, 4) is 0 Å². The van der Waals surface area contributed by atoms with Gasteiger partial charge in [0.05, 0.1) is 0 Å². The third-order valence-corrected chi connectivity index (χ3v) is 13.8. The molecule has 0 aliphatic carbocycles. The summed E-state index contributed by atoms with van der Waals surface area (Å²) in [5.41, 5.74) is 0. The van der Waals surface area contributed by atoms with E-state index in [1.165, 1.54) is 193 Å². The Kier molecular flexibility index (Phi) is 58.2. The molecule has 0 aromatic heterocycles. The maximum Gasteiger partial charge on any atom is 0.306 e. The highest BCUT2D eigenvalue weighted by Crippen LogP contribution is 2.17. The van der Waals surface area contributed by atoms with Crippen LogP contribution in [0.5, 0.6) is 0 Å². The van der Waals surface area contributed by atoms with Gasteiger partial charge in [0.15, 0.2) is 6.10 Å². The summed E-state index contributed by atoms with van der Waals surface area (Å²) in [7, 11) is 0. The van der Waals surface area contributed by atoms with Gasteiger partial charge in [0.2, 0.25) is 0 Å². The van der Waals surface area contributed by atoms with E-state index in [-0.39, 0.29) is 31.1 Å². The van der Waals surface area contributed by atoms with Crippen molar-refractivity contribution in [2.45, 2.75) is 329 Å². The van der Waals surface area contributed by atoms with Crippen LogP contribution in [0.1, 0.15) is 323 Å². The molecule has 0 fully saturated rings. The summed E-state index contributed by atoms with van der Waals surface area (Å²) in [6.07, 6.45) is 76.4. The van der Waals surface area contributed by atoms with Gasteiger partial charge in [-0.05, 0) is 83.5 Å². The first-order valence-corrected chi connectivity index (χ1v) is 31.3. The highest BCUT2D eigenvalue weighted by molar-refractivity contribution is 5.71. The van der Waals surface area contributed by atoms with Crippen molar-refractivity contribution in [2.75, 3.05) is 13.2 Å². The van der Waals surface area contributed by atoms with Crippen LogP contribution in [-0.2, 0) is 28.6 Å². The van der Waals surface area contributed by atoms with Crippen molar-refractivity contribution in [3.63, 3.8) is 0 Å². The van der Waals surface area contributed by atoms with Crippen molar-refractivity contribution in [1.29, 1.82) is 0 Å². The predicted octanol–water partition coefficient (Wildman–Crippen LogP) is 21.2. The van der Waals surface area contributed by atoms with Gasteiger partial charge in [-0.1, -0.05) is 281 Å². The Morgan fingerprint density at radius 2 is 0.542 bits per heavy atom. The van der Waals surface area contributed by atoms with Gasteiger partial charge in [-0.3, -0.25) is 14.4 Å². The molecular formula is C66H118O6. The van der Waals surface area contributed by atoms with Crippen LogP contribution in [0.3, 0.4) is 0 Å². The Morgan fingerprint density at radius 3 is 0.861 bits per heavy atom. The number of rotatable bonds is 57. The van der Waals surface area contributed by atoms with E-state index in [2.05, 4.69) is 81.5 Å². The third-order valence-electron chi connectivity index (χ3n) is 13.8. The molecule has 0 aliphatic heterocycles. The second kappa shape index (κ2) is 60.7. The number of esters is 3. The lowest BCUT2D eigenvalue weighted by Gasteiger charge is -2.18. The second-order valence-corrected chi connectivity index (χ2v) is 20.9. The number of unbranched alkanes of at least 4 members (excludes halogenated alkanes) is 36. The summed E-state index contributed by atoms with van der Waals surface area (Å²) in [5, 5.41) is 0. The zero-order valence-corrected chi connectivity index (χ0v) is 47.9. The van der Waals surface area contributed by atoms with E-state index in [1.54, 1.807) is 0 Å². The van der Waals surface area contributed by atoms with Gasteiger partial charge in [-0.2, -0.15) is 0 Å². The molecule has 0 saturated heterocycles. The lowest BCUT2D eigenvalue weighted by molar-refractivity contribution is -0.167. The Bertz CT molecular complexity index is 1290. The number of carbonyl (C=O) groups excluding carboxylic acids is 3. The molecular weight excluding hydrogens is 889 g/mol. The number of hydrogen-bond acceptors (Lipinski definition) is 6. The standard InChI is InChI=1S/C66H118O6/c1-4-7-10-13-16-19-22-25-28-31-33-36-38-41-44-47-50-53-56-59-65(68)71-62-63(61-70-64(67)58-55-52-49-46-43-40-37-34-30-27-24-21-18-15-12-9-6-3)72-66(69)60-57-54-51-48-45-42-39-35-32-29-26-23-20-17-14-11-8-5-2/h7,10,16,19,25,27-28,30,33,36,63H,4-6,8-9,11-15,17-18,20-24,26,29,31-32,34-35,37-62H2,1-3H3/b10-7-,19-16-,28-25-,30-27-,36-33-. The molecule has 1 atom stereocenters. The van der Waals surface area contributed by atoms with Gasteiger partial charge in [-0.15, -0.1) is 0 Å². The smallest absolute Gasteiger partial charge is 0.306 e. The van der Waals surface area contributed by atoms with Crippen LogP contribution in [0.15, 0.2) is 60.8 Å². The molecule has 1 unspecified atom stereocenters. The largest absolute Gasteiger partial charge is 0.462 e. The molecule has 6 nitrogen and oxygen atoms in total. The van der Waals surface area contributed by atoms with Crippen molar-refractivity contribution >= 4 is 17.9 Å². The van der Waals surface area contributed by atoms with Crippen LogP contribution in [0.2, 0.25) is 0 Å². The van der Waals surface area contributed by atoms with Crippen LogP contribution in [0, 0.1) is 0 Å². The molecule has 418 valence electrons. The summed E-state index contributed by atoms with van der Waals surface area (Å²) < 4.78 is 16.9. The minimum Gasteiger partial charge on any atom is -0.462 e. The van der Waals surface area contributed by atoms with E-state index in [0.717, 1.165) is 89.9 Å². The van der Waals surface area contributed by atoms with Crippen LogP contribution in [-0.4, -0.2) is 37.2 Å². The molecule has 0 bridgehead atoms. The zero-order valence-electron chi connectivity index (χ0n) is 47.9. The second-order valence-electron chi connectivity index (χ2n) is 20.9. The third kappa shape index (κ3) is 58.0. The average Bonchev–Trinajstić information content (AvgIpc) is 3.38. The Hall–Kier alpha value is -2.89. The Morgan fingerprint density at radius 1 is 0.292 bits per heavy atom. The van der Waals surface area contributed by atoms with Crippen LogP contribution in [0.25, 0.3) is 0 Å². The average molecular weight is 1010 g/mol. The van der Waals surface area contributed by atoms with E-state index in [0.29, 0.717) is 19.3 Å². The summed E-state index contributed by atoms with van der Waals surface area (Å²) in [4.78, 5) is 38.3. The van der Waals surface area contributed by atoms with Crippen LogP contribution in [0.4, 0.5) is 0 Å². The number of carbonyl (C=O) groups is 3. The summed E-state index contributed by atoms with van der Waals surface area (Å²) in [6.45, 7) is 6.56. The topological polar surface area (TPSA) is 78.9 Å². The van der Waals surface area contributed by atoms with Gasteiger partial charge < -0.3 is 14.2 Å². The first-order valence-electron chi connectivity index (χ1n) is 31.3. The van der Waals surface area contributed by atoms with E-state index < -0.39 is 6.10 Å². The lowest BCUT2D eigenvalue weighted by atomic mass is 10.0. The molecule has 0 aromatic rings. The highest BCUT2D eigenvalue weighted by atomic mass is 16.6. The summed E-state index contributed by atoms with van der Waals surface area (Å²) >= 11 is 0. The fraction of sp³-hybridized carbons (Fsp3) is 0.803. The first kappa shape index (κ1) is 69.1. The van der Waals surface area contributed by atoms with Crippen molar-refractivity contribution in [1.82, 2.24) is 0 Å². The van der Waals surface area contributed by atoms with Crippen molar-refractivity contribution in [3.05, 3.63) is 60.8 Å². The number of ether oxygens (including phenoxy) is 3. The quantitative estimate of drug-likeness (QED) is 0.0261. The summed E-state index contributed by atoms with van der Waals surface area (Å²) in [6, 6.07) is 0. The van der Waals surface area contributed by atoms with Crippen LogP contribution >= 0.6 is 0 Å². The minimum atomic E-state index is -0.781. The summed E-state index contributed by atoms with van der Waals surface area (Å²) in [5.74, 6) is -0.878. The lowest BCUT2D eigenvalue weighted by Crippen LogP contribution is -2.30. The fourth-order valence-corrected chi connectivity index (χ4v) is 9.08. The Balaban J connectivity index is 4.38. The normalized spacial score (nSPS) is 12.4.